The van der Waals surface area contributed by atoms with Gasteiger partial charge in [0.1, 0.15) is 0 Å². The van der Waals surface area contributed by atoms with Crippen LogP contribution in [0.15, 0.2) is 18.2 Å². The molecule has 18 heavy (non-hydrogen) atoms. The fourth-order valence-electron chi connectivity index (χ4n) is 1.48. The molecule has 0 radical (unpaired) electrons. The Morgan fingerprint density at radius 3 is 2.50 bits per heavy atom. The minimum Gasteiger partial charge on any atom is -0.352 e. The molecule has 1 aromatic carbocycles. The first kappa shape index (κ1) is 15.1. The molecular formula is C13H16BrF2NO. The number of amides is 1. The normalized spacial score (nSPS) is 12.6. The van der Waals surface area contributed by atoms with Crippen molar-refractivity contribution in [2.24, 2.45) is 5.92 Å². The SMILES string of the molecule is CC(C)C(CBr)NC(=O)Cc1ccc(F)c(F)c1. The zero-order valence-corrected chi connectivity index (χ0v) is 11.9. The van der Waals surface area contributed by atoms with Gasteiger partial charge in [0.05, 0.1) is 6.42 Å². The topological polar surface area (TPSA) is 29.1 Å². The first-order valence-electron chi connectivity index (χ1n) is 5.73. The van der Waals surface area contributed by atoms with Gasteiger partial charge >= 0.3 is 0 Å². The number of carbonyl (C=O) groups excluding carboxylic acids is 1. The van der Waals surface area contributed by atoms with Crippen molar-refractivity contribution in [3.8, 4) is 0 Å². The van der Waals surface area contributed by atoms with E-state index < -0.39 is 11.6 Å². The Bertz CT molecular complexity index is 423. The molecule has 5 heteroatoms. The van der Waals surface area contributed by atoms with Crippen molar-refractivity contribution in [3.63, 3.8) is 0 Å². The van der Waals surface area contributed by atoms with Crippen LogP contribution in [0, 0.1) is 17.6 Å². The number of halogens is 3. The Morgan fingerprint density at radius 1 is 1.33 bits per heavy atom. The maximum absolute atomic E-state index is 13.0. The fraction of sp³-hybridized carbons (Fsp3) is 0.462. The second kappa shape index (κ2) is 6.83. The van der Waals surface area contributed by atoms with Gasteiger partial charge in [0.15, 0.2) is 11.6 Å². The maximum atomic E-state index is 13.0. The minimum absolute atomic E-state index is 0.0304. The highest BCUT2D eigenvalue weighted by atomic mass is 79.9. The average Bonchev–Trinajstić information content (AvgIpc) is 2.30. The summed E-state index contributed by atoms with van der Waals surface area (Å²) in [6.45, 7) is 4.01. The Kier molecular flexibility index (Phi) is 5.72. The van der Waals surface area contributed by atoms with Gasteiger partial charge in [-0.25, -0.2) is 8.78 Å². The fourth-order valence-corrected chi connectivity index (χ4v) is 2.39. The molecule has 2 nitrogen and oxygen atoms in total. The van der Waals surface area contributed by atoms with E-state index in [2.05, 4.69) is 21.2 Å². The van der Waals surface area contributed by atoms with Gasteiger partial charge in [-0.2, -0.15) is 0 Å². The van der Waals surface area contributed by atoms with Crippen molar-refractivity contribution in [3.05, 3.63) is 35.4 Å². The first-order valence-corrected chi connectivity index (χ1v) is 6.85. The molecule has 0 heterocycles. The maximum Gasteiger partial charge on any atom is 0.224 e. The van der Waals surface area contributed by atoms with E-state index in [1.165, 1.54) is 6.07 Å². The number of rotatable bonds is 5. The van der Waals surface area contributed by atoms with Crippen LogP contribution in [0.1, 0.15) is 19.4 Å². The van der Waals surface area contributed by atoms with Gasteiger partial charge in [-0.1, -0.05) is 35.8 Å². The van der Waals surface area contributed by atoms with Gasteiger partial charge < -0.3 is 5.32 Å². The van der Waals surface area contributed by atoms with E-state index in [4.69, 9.17) is 0 Å². The van der Waals surface area contributed by atoms with Crippen LogP contribution in [0.5, 0.6) is 0 Å². The molecule has 0 spiro atoms. The van der Waals surface area contributed by atoms with E-state index in [-0.39, 0.29) is 18.4 Å². The average molecular weight is 320 g/mol. The molecule has 0 saturated heterocycles. The third-order valence-corrected chi connectivity index (χ3v) is 3.36. The molecule has 0 aliphatic carbocycles. The van der Waals surface area contributed by atoms with Crippen LogP contribution in [-0.4, -0.2) is 17.3 Å². The molecule has 0 aliphatic rings. The minimum atomic E-state index is -0.929. The summed E-state index contributed by atoms with van der Waals surface area (Å²) in [5.41, 5.74) is 0.462. The van der Waals surface area contributed by atoms with Crippen LogP contribution in [0.3, 0.4) is 0 Å². The molecule has 1 N–H and O–H groups in total. The largest absolute Gasteiger partial charge is 0.352 e. The Hall–Kier alpha value is -0.970. The highest BCUT2D eigenvalue weighted by molar-refractivity contribution is 9.09. The van der Waals surface area contributed by atoms with Crippen molar-refractivity contribution in [2.45, 2.75) is 26.3 Å². The predicted octanol–water partition coefficient (Wildman–Crippen LogP) is 3.04. The number of hydrogen-bond donors (Lipinski definition) is 1. The van der Waals surface area contributed by atoms with Crippen molar-refractivity contribution >= 4 is 21.8 Å². The molecule has 1 unspecified atom stereocenters. The lowest BCUT2D eigenvalue weighted by atomic mass is 10.1. The smallest absolute Gasteiger partial charge is 0.224 e. The summed E-state index contributed by atoms with van der Waals surface area (Å²) in [5, 5.41) is 3.51. The highest BCUT2D eigenvalue weighted by Gasteiger charge is 2.15. The molecule has 1 atom stereocenters. The summed E-state index contributed by atoms with van der Waals surface area (Å²) in [4.78, 5) is 11.7. The van der Waals surface area contributed by atoms with E-state index in [9.17, 15) is 13.6 Å². The lowest BCUT2D eigenvalue weighted by Crippen LogP contribution is -2.40. The van der Waals surface area contributed by atoms with E-state index in [0.717, 1.165) is 12.1 Å². The number of hydrogen-bond acceptors (Lipinski definition) is 1. The van der Waals surface area contributed by atoms with E-state index in [1.54, 1.807) is 0 Å². The summed E-state index contributed by atoms with van der Waals surface area (Å²) in [6.07, 6.45) is 0.0490. The highest BCUT2D eigenvalue weighted by Crippen LogP contribution is 2.10. The standard InChI is InChI=1S/C13H16BrF2NO/c1-8(2)12(7-14)17-13(18)6-9-3-4-10(15)11(16)5-9/h3-5,8,12H,6-7H2,1-2H3,(H,17,18). The molecule has 0 aliphatic heterocycles. The third kappa shape index (κ3) is 4.37. The second-order valence-corrected chi connectivity index (χ2v) is 5.15. The van der Waals surface area contributed by atoms with Gasteiger partial charge in [0.25, 0.3) is 0 Å². The third-order valence-electron chi connectivity index (χ3n) is 2.67. The van der Waals surface area contributed by atoms with Crippen LogP contribution in [0.4, 0.5) is 8.78 Å². The summed E-state index contributed by atoms with van der Waals surface area (Å²) < 4.78 is 25.7. The zero-order valence-electron chi connectivity index (χ0n) is 10.3. The molecule has 100 valence electrons. The monoisotopic (exact) mass is 319 g/mol. The van der Waals surface area contributed by atoms with Crippen LogP contribution < -0.4 is 5.32 Å². The van der Waals surface area contributed by atoms with Gasteiger partial charge in [0.2, 0.25) is 5.91 Å². The van der Waals surface area contributed by atoms with Crippen molar-refractivity contribution in [1.82, 2.24) is 5.32 Å². The van der Waals surface area contributed by atoms with Crippen LogP contribution in [0.2, 0.25) is 0 Å². The molecule has 1 amide bonds. The summed E-state index contributed by atoms with van der Waals surface area (Å²) in [7, 11) is 0. The lowest BCUT2D eigenvalue weighted by molar-refractivity contribution is -0.121. The van der Waals surface area contributed by atoms with Crippen LogP contribution >= 0.6 is 15.9 Å². The number of carbonyl (C=O) groups is 1. The molecular weight excluding hydrogens is 304 g/mol. The zero-order chi connectivity index (χ0) is 13.7. The lowest BCUT2D eigenvalue weighted by Gasteiger charge is -2.19. The van der Waals surface area contributed by atoms with Gasteiger partial charge in [0, 0.05) is 11.4 Å². The van der Waals surface area contributed by atoms with Crippen LogP contribution in [0.25, 0.3) is 0 Å². The Balaban J connectivity index is 2.61. The van der Waals surface area contributed by atoms with Crippen molar-refractivity contribution in [1.29, 1.82) is 0 Å². The molecule has 1 rings (SSSR count). The molecule has 0 aromatic heterocycles. The molecule has 1 aromatic rings. The van der Waals surface area contributed by atoms with Crippen molar-refractivity contribution < 1.29 is 13.6 Å². The Labute approximate surface area is 114 Å². The van der Waals surface area contributed by atoms with E-state index in [1.807, 2.05) is 13.8 Å². The number of alkyl halides is 1. The Morgan fingerprint density at radius 2 is 2.00 bits per heavy atom. The van der Waals surface area contributed by atoms with Crippen LogP contribution in [-0.2, 0) is 11.2 Å². The molecule has 0 saturated carbocycles. The summed E-state index contributed by atoms with van der Waals surface area (Å²) in [6, 6.07) is 3.52. The number of nitrogens with one attached hydrogen (secondary N) is 1. The number of benzene rings is 1. The summed E-state index contributed by atoms with van der Waals surface area (Å²) in [5.74, 6) is -1.72. The molecule has 0 fully saturated rings. The van der Waals surface area contributed by atoms with Gasteiger partial charge in [-0.3, -0.25) is 4.79 Å². The second-order valence-electron chi connectivity index (χ2n) is 4.50. The van der Waals surface area contributed by atoms with Gasteiger partial charge in [-0.05, 0) is 23.6 Å². The quantitative estimate of drug-likeness (QED) is 0.830. The predicted molar refractivity (Wildman–Crippen MR) is 70.6 cm³/mol. The van der Waals surface area contributed by atoms with Gasteiger partial charge in [-0.15, -0.1) is 0 Å². The van der Waals surface area contributed by atoms with E-state index >= 15 is 0 Å². The van der Waals surface area contributed by atoms with E-state index in [0.29, 0.717) is 16.8 Å². The first-order chi connectivity index (χ1) is 8.43. The van der Waals surface area contributed by atoms with Crippen molar-refractivity contribution in [2.75, 3.05) is 5.33 Å². The summed E-state index contributed by atoms with van der Waals surface area (Å²) >= 11 is 3.33. The molecule has 0 bridgehead atoms.